The van der Waals surface area contributed by atoms with Crippen LogP contribution in [0.1, 0.15) is 60.9 Å². The summed E-state index contributed by atoms with van der Waals surface area (Å²) >= 11 is 0. The minimum atomic E-state index is -4.28. The van der Waals surface area contributed by atoms with Gasteiger partial charge in [0.05, 0.1) is 12.1 Å². The first kappa shape index (κ1) is 18.5. The summed E-state index contributed by atoms with van der Waals surface area (Å²) in [5, 5.41) is 8.29. The zero-order chi connectivity index (χ0) is 18.9. The van der Waals surface area contributed by atoms with E-state index in [1.807, 2.05) is 0 Å². The lowest BCUT2D eigenvalue weighted by Gasteiger charge is -2.31. The maximum atomic E-state index is 12.8. The normalized spacial score (nSPS) is 21.5. The lowest BCUT2D eigenvalue weighted by Crippen LogP contribution is -2.35. The van der Waals surface area contributed by atoms with E-state index in [4.69, 9.17) is 4.42 Å². The molecule has 4 nitrogen and oxygen atoms in total. The molecule has 0 unspecified atom stereocenters. The van der Waals surface area contributed by atoms with E-state index >= 15 is 0 Å². The first-order valence-corrected chi connectivity index (χ1v) is 9.68. The summed E-state index contributed by atoms with van der Waals surface area (Å²) in [5.41, 5.74) is 0.195. The molecule has 2 heterocycles. The first-order valence-electron chi connectivity index (χ1n) is 9.68. The van der Waals surface area contributed by atoms with Gasteiger partial charge in [0.1, 0.15) is 0 Å². The molecule has 146 valence electrons. The van der Waals surface area contributed by atoms with Crippen molar-refractivity contribution in [1.82, 2.24) is 15.1 Å². The Morgan fingerprint density at radius 1 is 1.15 bits per heavy atom. The molecule has 7 heteroatoms. The van der Waals surface area contributed by atoms with E-state index in [9.17, 15) is 13.2 Å². The number of alkyl halides is 3. The molecular formula is C20H24F3N3O. The number of hydrogen-bond donors (Lipinski definition) is 0. The van der Waals surface area contributed by atoms with Crippen LogP contribution in [0, 0.1) is 5.92 Å². The zero-order valence-electron chi connectivity index (χ0n) is 15.2. The molecule has 1 saturated heterocycles. The largest absolute Gasteiger partial charge is 0.424 e. The van der Waals surface area contributed by atoms with Gasteiger partial charge < -0.3 is 4.42 Å². The fourth-order valence-corrected chi connectivity index (χ4v) is 3.82. The lowest BCUT2D eigenvalue weighted by molar-refractivity contribution is -0.137. The Balaban J connectivity index is 1.29. The quantitative estimate of drug-likeness (QED) is 0.722. The van der Waals surface area contributed by atoms with Crippen molar-refractivity contribution in [1.29, 1.82) is 0 Å². The van der Waals surface area contributed by atoms with E-state index in [1.165, 1.54) is 12.1 Å². The van der Waals surface area contributed by atoms with Crippen LogP contribution in [0.4, 0.5) is 13.2 Å². The van der Waals surface area contributed by atoms with E-state index < -0.39 is 11.7 Å². The first-order chi connectivity index (χ1) is 13.0. The molecule has 2 fully saturated rings. The zero-order valence-corrected chi connectivity index (χ0v) is 15.2. The van der Waals surface area contributed by atoms with Gasteiger partial charge >= 0.3 is 6.18 Å². The molecule has 0 amide bonds. The van der Waals surface area contributed by atoms with Crippen LogP contribution in [0.25, 0.3) is 0 Å². The molecule has 1 atom stereocenters. The number of likely N-dealkylation sites (tertiary alicyclic amines) is 1. The molecule has 2 aromatic rings. The van der Waals surface area contributed by atoms with Gasteiger partial charge in [0, 0.05) is 12.5 Å². The second-order valence-corrected chi connectivity index (χ2v) is 7.79. The van der Waals surface area contributed by atoms with Gasteiger partial charge in [0.25, 0.3) is 0 Å². The molecule has 1 saturated carbocycles. The summed E-state index contributed by atoms with van der Waals surface area (Å²) in [7, 11) is 0. The van der Waals surface area contributed by atoms with Crippen molar-refractivity contribution in [3.63, 3.8) is 0 Å². The molecule has 1 aliphatic heterocycles. The van der Waals surface area contributed by atoms with E-state index in [2.05, 4.69) is 15.1 Å². The average molecular weight is 379 g/mol. The van der Waals surface area contributed by atoms with E-state index in [0.29, 0.717) is 30.7 Å². The van der Waals surface area contributed by atoms with Crippen LogP contribution in [-0.2, 0) is 19.1 Å². The topological polar surface area (TPSA) is 42.2 Å². The van der Waals surface area contributed by atoms with Crippen molar-refractivity contribution in [2.75, 3.05) is 13.1 Å². The Hall–Kier alpha value is -1.89. The Morgan fingerprint density at radius 3 is 2.78 bits per heavy atom. The number of nitrogens with zero attached hydrogens (tertiary/aromatic N) is 3. The van der Waals surface area contributed by atoms with Crippen molar-refractivity contribution >= 4 is 0 Å². The average Bonchev–Trinajstić information content (AvgIpc) is 3.40. The van der Waals surface area contributed by atoms with Crippen LogP contribution in [-0.4, -0.2) is 28.2 Å². The number of aromatic nitrogens is 2. The second kappa shape index (κ2) is 7.62. The second-order valence-electron chi connectivity index (χ2n) is 7.79. The molecule has 1 aliphatic carbocycles. The molecule has 0 bridgehead atoms. The van der Waals surface area contributed by atoms with Crippen LogP contribution in [0.2, 0.25) is 0 Å². The molecule has 2 aliphatic rings. The summed E-state index contributed by atoms with van der Waals surface area (Å²) in [6.07, 6.45) is 1.79. The number of benzene rings is 1. The summed E-state index contributed by atoms with van der Waals surface area (Å²) in [6, 6.07) is 5.69. The van der Waals surface area contributed by atoms with Crippen molar-refractivity contribution in [2.24, 2.45) is 5.92 Å². The Labute approximate surface area is 156 Å². The fraction of sp³-hybridized carbons (Fsp3) is 0.600. The summed E-state index contributed by atoms with van der Waals surface area (Å²) in [5.74, 6) is 2.39. The summed E-state index contributed by atoms with van der Waals surface area (Å²) < 4.78 is 44.3. The Morgan fingerprint density at radius 2 is 2.00 bits per heavy atom. The Kier molecular flexibility index (Phi) is 5.21. The minimum Gasteiger partial charge on any atom is -0.424 e. The van der Waals surface area contributed by atoms with Crippen molar-refractivity contribution in [3.8, 4) is 0 Å². The Bertz CT molecular complexity index is 770. The van der Waals surface area contributed by atoms with Crippen molar-refractivity contribution in [3.05, 3.63) is 47.2 Å². The third-order valence-corrected chi connectivity index (χ3v) is 5.47. The standard InChI is InChI=1S/C20H24F3N3O/c21-20(22,23)17-5-1-3-14(11-17)6-7-15-4-2-10-26(12-15)13-18-24-25-19(27-18)16-8-9-16/h1,3,5,11,15-16H,2,4,6-10,12-13H2/t15-/m1/s1. The van der Waals surface area contributed by atoms with Gasteiger partial charge in [-0.3, -0.25) is 4.90 Å². The maximum absolute atomic E-state index is 12.8. The number of rotatable bonds is 6. The predicted octanol–water partition coefficient (Wildman–Crippen LogP) is 4.81. The number of halogens is 3. The molecule has 1 aromatic carbocycles. The van der Waals surface area contributed by atoms with E-state index in [-0.39, 0.29) is 0 Å². The number of hydrogen-bond acceptors (Lipinski definition) is 4. The van der Waals surface area contributed by atoms with Crippen molar-refractivity contribution < 1.29 is 17.6 Å². The molecule has 0 radical (unpaired) electrons. The lowest BCUT2D eigenvalue weighted by atomic mass is 9.91. The summed E-state index contributed by atoms with van der Waals surface area (Å²) in [4.78, 5) is 2.32. The highest BCUT2D eigenvalue weighted by Gasteiger charge is 2.31. The third kappa shape index (κ3) is 4.89. The van der Waals surface area contributed by atoms with Gasteiger partial charge in [-0.15, -0.1) is 10.2 Å². The smallest absolute Gasteiger partial charge is 0.416 e. The molecular weight excluding hydrogens is 355 g/mol. The summed E-state index contributed by atoms with van der Waals surface area (Å²) in [6.45, 7) is 2.60. The molecule has 1 aromatic heterocycles. The van der Waals surface area contributed by atoms with Gasteiger partial charge in [-0.1, -0.05) is 18.2 Å². The molecule has 0 spiro atoms. The minimum absolute atomic E-state index is 0.466. The highest BCUT2D eigenvalue weighted by atomic mass is 19.4. The van der Waals surface area contributed by atoms with E-state index in [1.54, 1.807) is 6.07 Å². The number of piperidine rings is 1. The van der Waals surface area contributed by atoms with E-state index in [0.717, 1.165) is 62.7 Å². The van der Waals surface area contributed by atoms with Gasteiger partial charge in [-0.25, -0.2) is 0 Å². The SMILES string of the molecule is FC(F)(F)c1cccc(CC[C@H]2CCCN(Cc3nnc(C4CC4)o3)C2)c1. The van der Waals surface area contributed by atoms with Crippen LogP contribution >= 0.6 is 0 Å². The molecule has 27 heavy (non-hydrogen) atoms. The van der Waals surface area contributed by atoms with Gasteiger partial charge in [0.15, 0.2) is 0 Å². The van der Waals surface area contributed by atoms with Gasteiger partial charge in [0.2, 0.25) is 11.8 Å². The number of aryl methyl sites for hydroxylation is 1. The van der Waals surface area contributed by atoms with Crippen LogP contribution in [0.5, 0.6) is 0 Å². The monoisotopic (exact) mass is 379 g/mol. The fourth-order valence-electron chi connectivity index (χ4n) is 3.82. The predicted molar refractivity (Wildman–Crippen MR) is 94.0 cm³/mol. The van der Waals surface area contributed by atoms with Crippen LogP contribution in [0.3, 0.4) is 0 Å². The van der Waals surface area contributed by atoms with Gasteiger partial charge in [-0.05, 0) is 62.6 Å². The maximum Gasteiger partial charge on any atom is 0.416 e. The van der Waals surface area contributed by atoms with Crippen LogP contribution in [0.15, 0.2) is 28.7 Å². The highest BCUT2D eigenvalue weighted by molar-refractivity contribution is 5.25. The van der Waals surface area contributed by atoms with Crippen molar-refractivity contribution in [2.45, 2.75) is 57.2 Å². The van der Waals surface area contributed by atoms with Crippen LogP contribution < -0.4 is 0 Å². The third-order valence-electron chi connectivity index (χ3n) is 5.47. The molecule has 0 N–H and O–H groups in total. The highest BCUT2D eigenvalue weighted by Crippen LogP contribution is 2.39. The van der Waals surface area contributed by atoms with Gasteiger partial charge in [-0.2, -0.15) is 13.2 Å². The molecule has 4 rings (SSSR count).